The molecular weight excluding hydrogens is 176 g/mol. The molecule has 0 bridgehead atoms. The second-order valence-electron chi connectivity index (χ2n) is 3.66. The molecule has 0 aromatic heterocycles. The number of hydrogen-bond donors (Lipinski definition) is 1. The van der Waals surface area contributed by atoms with Gasteiger partial charge in [-0.15, -0.1) is 0 Å². The van der Waals surface area contributed by atoms with Gasteiger partial charge in [-0.25, -0.2) is 0 Å². The Hall–Kier alpha value is -1.56. The molecule has 0 spiro atoms. The predicted octanol–water partition coefficient (Wildman–Crippen LogP) is 1.54. The first-order valence-electron chi connectivity index (χ1n) is 4.71. The number of nitrogens with one attached hydrogen (secondary N) is 1. The normalized spacial score (nSPS) is 20.1. The number of allylic oxidation sites excluding steroid dienone is 2. The van der Waals surface area contributed by atoms with Crippen LogP contribution in [0, 0.1) is 17.2 Å². The van der Waals surface area contributed by atoms with Gasteiger partial charge < -0.3 is 5.32 Å². The molecule has 0 saturated carbocycles. The van der Waals surface area contributed by atoms with Crippen molar-refractivity contribution < 1.29 is 4.79 Å². The zero-order valence-electron chi connectivity index (χ0n) is 8.45. The van der Waals surface area contributed by atoms with Crippen LogP contribution in [0.25, 0.3) is 0 Å². The first kappa shape index (κ1) is 10.5. The van der Waals surface area contributed by atoms with E-state index in [1.54, 1.807) is 6.08 Å². The Bertz CT molecular complexity index is 321. The maximum Gasteiger partial charge on any atom is 0.223 e. The summed E-state index contributed by atoms with van der Waals surface area (Å²) in [6.45, 7) is 3.70. The Morgan fingerprint density at radius 2 is 2.43 bits per heavy atom. The van der Waals surface area contributed by atoms with Crippen LogP contribution < -0.4 is 5.32 Å². The molecule has 14 heavy (non-hydrogen) atoms. The number of nitriles is 1. The molecule has 3 heteroatoms. The van der Waals surface area contributed by atoms with Gasteiger partial charge in [0.1, 0.15) is 0 Å². The second kappa shape index (κ2) is 4.61. The minimum atomic E-state index is -0.0236. The Morgan fingerprint density at radius 1 is 1.71 bits per heavy atom. The lowest BCUT2D eigenvalue weighted by atomic mass is 10.0. The molecule has 0 aromatic rings. The number of hydrogen-bond acceptors (Lipinski definition) is 2. The van der Waals surface area contributed by atoms with Crippen molar-refractivity contribution >= 4 is 5.91 Å². The molecule has 1 unspecified atom stereocenters. The number of amides is 1. The zero-order valence-corrected chi connectivity index (χ0v) is 8.45. The average molecular weight is 190 g/mol. The monoisotopic (exact) mass is 190 g/mol. The molecule has 74 valence electrons. The van der Waals surface area contributed by atoms with E-state index in [0.717, 1.165) is 0 Å². The van der Waals surface area contributed by atoms with Crippen molar-refractivity contribution in [2.75, 3.05) is 0 Å². The molecule has 1 aliphatic carbocycles. The third kappa shape index (κ3) is 2.74. The van der Waals surface area contributed by atoms with E-state index in [-0.39, 0.29) is 17.9 Å². The molecule has 1 aliphatic rings. The zero-order chi connectivity index (χ0) is 10.6. The van der Waals surface area contributed by atoms with Crippen molar-refractivity contribution in [3.63, 3.8) is 0 Å². The molecule has 1 atom stereocenters. The van der Waals surface area contributed by atoms with Crippen molar-refractivity contribution in [3.05, 3.63) is 23.8 Å². The van der Waals surface area contributed by atoms with E-state index in [4.69, 9.17) is 5.26 Å². The maximum absolute atomic E-state index is 11.4. The van der Waals surface area contributed by atoms with E-state index in [1.807, 2.05) is 26.0 Å². The van der Waals surface area contributed by atoms with Crippen LogP contribution >= 0.6 is 0 Å². The molecule has 3 nitrogen and oxygen atoms in total. The fourth-order valence-electron chi connectivity index (χ4n) is 1.21. The highest BCUT2D eigenvalue weighted by Gasteiger charge is 2.15. The minimum Gasteiger partial charge on any atom is -0.349 e. The summed E-state index contributed by atoms with van der Waals surface area (Å²) in [6.07, 6.45) is 6.10. The molecule has 0 saturated heterocycles. The van der Waals surface area contributed by atoms with Crippen molar-refractivity contribution in [1.29, 1.82) is 5.26 Å². The quantitative estimate of drug-likeness (QED) is 0.718. The van der Waals surface area contributed by atoms with Crippen LogP contribution in [0.1, 0.15) is 20.3 Å². The van der Waals surface area contributed by atoms with Crippen LogP contribution in [0.4, 0.5) is 0 Å². The topological polar surface area (TPSA) is 52.9 Å². The smallest absolute Gasteiger partial charge is 0.223 e. The fourth-order valence-corrected chi connectivity index (χ4v) is 1.21. The molecule has 1 N–H and O–H groups in total. The summed E-state index contributed by atoms with van der Waals surface area (Å²) in [5, 5.41) is 11.6. The van der Waals surface area contributed by atoms with E-state index in [9.17, 15) is 4.79 Å². The fraction of sp³-hybridized carbons (Fsp3) is 0.455. The van der Waals surface area contributed by atoms with Gasteiger partial charge in [0.15, 0.2) is 0 Å². The van der Waals surface area contributed by atoms with E-state index in [2.05, 4.69) is 11.4 Å². The van der Waals surface area contributed by atoms with Crippen LogP contribution in [-0.2, 0) is 4.79 Å². The van der Waals surface area contributed by atoms with Gasteiger partial charge in [0.25, 0.3) is 0 Å². The molecule has 0 radical (unpaired) electrons. The number of rotatable bonds is 2. The van der Waals surface area contributed by atoms with Gasteiger partial charge in [-0.05, 0) is 6.08 Å². The van der Waals surface area contributed by atoms with Gasteiger partial charge in [-0.1, -0.05) is 26.0 Å². The van der Waals surface area contributed by atoms with E-state index in [0.29, 0.717) is 12.0 Å². The molecule has 1 amide bonds. The van der Waals surface area contributed by atoms with Gasteiger partial charge in [0, 0.05) is 17.9 Å². The van der Waals surface area contributed by atoms with Crippen molar-refractivity contribution in [1.82, 2.24) is 5.32 Å². The summed E-state index contributed by atoms with van der Waals surface area (Å²) >= 11 is 0. The highest BCUT2D eigenvalue weighted by molar-refractivity contribution is 5.78. The van der Waals surface area contributed by atoms with E-state index in [1.165, 1.54) is 0 Å². The van der Waals surface area contributed by atoms with Gasteiger partial charge in [0.2, 0.25) is 5.91 Å². The van der Waals surface area contributed by atoms with Crippen LogP contribution in [-0.4, -0.2) is 11.9 Å². The van der Waals surface area contributed by atoms with Gasteiger partial charge in [-0.3, -0.25) is 4.79 Å². The number of carbonyl (C=O) groups is 1. The first-order valence-corrected chi connectivity index (χ1v) is 4.71. The standard InChI is InChI=1S/C11H14N2O/c1-8(2)11(14)13-10-5-3-4-9(6-10)7-12/h3-5,8,10H,6H2,1-2H3,(H,13,14). The largest absolute Gasteiger partial charge is 0.349 e. The first-order chi connectivity index (χ1) is 6.63. The highest BCUT2D eigenvalue weighted by atomic mass is 16.1. The van der Waals surface area contributed by atoms with Crippen LogP contribution in [0.15, 0.2) is 23.8 Å². The lowest BCUT2D eigenvalue weighted by molar-refractivity contribution is -0.124. The third-order valence-corrected chi connectivity index (χ3v) is 2.08. The molecule has 0 fully saturated rings. The third-order valence-electron chi connectivity index (χ3n) is 2.08. The molecule has 0 aliphatic heterocycles. The summed E-state index contributed by atoms with van der Waals surface area (Å²) in [6, 6.07) is 2.07. The predicted molar refractivity (Wildman–Crippen MR) is 54.2 cm³/mol. The molecule has 0 heterocycles. The van der Waals surface area contributed by atoms with Gasteiger partial charge >= 0.3 is 0 Å². The lowest BCUT2D eigenvalue weighted by Gasteiger charge is -2.18. The molecule has 1 rings (SSSR count). The summed E-state index contributed by atoms with van der Waals surface area (Å²) < 4.78 is 0. The summed E-state index contributed by atoms with van der Waals surface area (Å²) in [5.74, 6) is 0.0127. The van der Waals surface area contributed by atoms with Crippen molar-refractivity contribution in [2.24, 2.45) is 5.92 Å². The van der Waals surface area contributed by atoms with E-state index >= 15 is 0 Å². The summed E-state index contributed by atoms with van der Waals surface area (Å²) in [4.78, 5) is 11.4. The van der Waals surface area contributed by atoms with Crippen LogP contribution in [0.3, 0.4) is 0 Å². The van der Waals surface area contributed by atoms with Gasteiger partial charge in [-0.2, -0.15) is 5.26 Å². The summed E-state index contributed by atoms with van der Waals surface area (Å²) in [5.41, 5.74) is 0.710. The highest BCUT2D eigenvalue weighted by Crippen LogP contribution is 2.11. The average Bonchev–Trinajstić information content (AvgIpc) is 2.18. The minimum absolute atomic E-state index is 0.0140. The maximum atomic E-state index is 11.4. The van der Waals surface area contributed by atoms with Crippen molar-refractivity contribution in [3.8, 4) is 6.07 Å². The van der Waals surface area contributed by atoms with Crippen LogP contribution in [0.2, 0.25) is 0 Å². The SMILES string of the molecule is CC(C)C(=O)NC1C=CC=C(C#N)C1. The van der Waals surface area contributed by atoms with Gasteiger partial charge in [0.05, 0.1) is 12.1 Å². The second-order valence-corrected chi connectivity index (χ2v) is 3.66. The summed E-state index contributed by atoms with van der Waals surface area (Å²) in [7, 11) is 0. The van der Waals surface area contributed by atoms with Crippen molar-refractivity contribution in [2.45, 2.75) is 26.3 Å². The lowest BCUT2D eigenvalue weighted by Crippen LogP contribution is -2.36. The Kier molecular flexibility index (Phi) is 3.47. The molecular formula is C11H14N2O. The molecule has 0 aromatic carbocycles. The van der Waals surface area contributed by atoms with Crippen LogP contribution in [0.5, 0.6) is 0 Å². The van der Waals surface area contributed by atoms with E-state index < -0.39 is 0 Å². The Balaban J connectivity index is 2.51. The number of carbonyl (C=O) groups excluding carboxylic acids is 1. The Morgan fingerprint density at radius 3 is 3.00 bits per heavy atom. The number of nitrogens with zero attached hydrogens (tertiary/aromatic N) is 1. The Labute approximate surface area is 84.1 Å².